The molecule has 2 rings (SSSR count). The highest BCUT2D eigenvalue weighted by Crippen LogP contribution is 2.21. The maximum absolute atomic E-state index is 10.6. The topological polar surface area (TPSA) is 86.3 Å². The summed E-state index contributed by atoms with van der Waals surface area (Å²) in [5.74, 6) is -0.708. The minimum Gasteiger partial charge on any atom is -0.475 e. The van der Waals surface area contributed by atoms with E-state index in [-0.39, 0.29) is 5.76 Å². The monoisotopic (exact) mass is 276 g/mol. The molecular weight excluding hydrogens is 268 g/mol. The van der Waals surface area contributed by atoms with E-state index in [0.717, 1.165) is 5.69 Å². The molecule has 0 radical (unpaired) electrons. The molecule has 96 valence electrons. The first-order valence-corrected chi connectivity index (χ1v) is 5.73. The Morgan fingerprint density at radius 2 is 2.21 bits per heavy atom. The number of benzene rings is 1. The van der Waals surface area contributed by atoms with E-state index in [1.54, 1.807) is 24.3 Å². The summed E-state index contributed by atoms with van der Waals surface area (Å²) in [5.41, 5.74) is 1.12. The van der Waals surface area contributed by atoms with E-state index < -0.39 is 5.97 Å². The summed E-state index contributed by atoms with van der Waals surface area (Å²) in [5, 5.41) is 20.8. The van der Waals surface area contributed by atoms with Crippen molar-refractivity contribution < 1.29 is 14.3 Å². The molecule has 0 amide bonds. The summed E-state index contributed by atoms with van der Waals surface area (Å²) < 4.78 is 5.09. The fourth-order valence-corrected chi connectivity index (χ4v) is 1.72. The minimum absolute atomic E-state index is 0.102. The predicted molar refractivity (Wildman–Crippen MR) is 69.2 cm³/mol. The number of carbonyl (C=O) groups is 1. The molecule has 0 aliphatic rings. The third kappa shape index (κ3) is 3.06. The SMILES string of the molecule is N#Cc1ccc(NCc2ccc(C(=O)O)o2)cc1Cl. The van der Waals surface area contributed by atoms with Gasteiger partial charge in [0, 0.05) is 5.69 Å². The number of halogens is 1. The fraction of sp³-hybridized carbons (Fsp3) is 0.0769. The van der Waals surface area contributed by atoms with Gasteiger partial charge < -0.3 is 14.8 Å². The zero-order valence-electron chi connectivity index (χ0n) is 9.68. The Morgan fingerprint density at radius 1 is 1.42 bits per heavy atom. The van der Waals surface area contributed by atoms with Crippen LogP contribution >= 0.6 is 11.6 Å². The van der Waals surface area contributed by atoms with Crippen molar-refractivity contribution in [2.75, 3.05) is 5.32 Å². The van der Waals surface area contributed by atoms with Crippen molar-refractivity contribution in [3.63, 3.8) is 0 Å². The third-order valence-electron chi connectivity index (χ3n) is 2.43. The maximum Gasteiger partial charge on any atom is 0.371 e. The lowest BCUT2D eigenvalue weighted by Gasteiger charge is -2.05. The Morgan fingerprint density at radius 3 is 2.79 bits per heavy atom. The summed E-state index contributed by atoms with van der Waals surface area (Å²) in [4.78, 5) is 10.6. The summed E-state index contributed by atoms with van der Waals surface area (Å²) in [6.45, 7) is 0.329. The van der Waals surface area contributed by atoms with E-state index in [4.69, 9.17) is 26.4 Å². The van der Waals surface area contributed by atoms with Crippen LogP contribution in [0.1, 0.15) is 21.9 Å². The number of rotatable bonds is 4. The Labute approximate surface area is 114 Å². The number of anilines is 1. The second-order valence-corrected chi connectivity index (χ2v) is 4.14. The Bertz CT molecular complexity index is 658. The highest BCUT2D eigenvalue weighted by atomic mass is 35.5. The van der Waals surface area contributed by atoms with Crippen molar-refractivity contribution in [2.24, 2.45) is 0 Å². The van der Waals surface area contributed by atoms with Gasteiger partial charge >= 0.3 is 5.97 Å². The molecular formula is C13H9ClN2O3. The molecule has 5 nitrogen and oxygen atoms in total. The molecule has 19 heavy (non-hydrogen) atoms. The van der Waals surface area contributed by atoms with Crippen molar-refractivity contribution in [3.8, 4) is 6.07 Å². The lowest BCUT2D eigenvalue weighted by atomic mass is 10.2. The maximum atomic E-state index is 10.6. The van der Waals surface area contributed by atoms with Gasteiger partial charge in [-0.05, 0) is 30.3 Å². The number of hydrogen-bond donors (Lipinski definition) is 2. The molecule has 1 heterocycles. The normalized spacial score (nSPS) is 9.89. The molecule has 1 aromatic heterocycles. The molecule has 0 atom stereocenters. The van der Waals surface area contributed by atoms with E-state index in [9.17, 15) is 4.79 Å². The Balaban J connectivity index is 2.04. The average Bonchev–Trinajstić information content (AvgIpc) is 2.85. The second-order valence-electron chi connectivity index (χ2n) is 3.73. The van der Waals surface area contributed by atoms with Crippen LogP contribution in [0.4, 0.5) is 5.69 Å². The van der Waals surface area contributed by atoms with Gasteiger partial charge in [-0.2, -0.15) is 5.26 Å². The van der Waals surface area contributed by atoms with E-state index in [0.29, 0.717) is 22.9 Å². The van der Waals surface area contributed by atoms with Crippen LogP contribution in [0.2, 0.25) is 5.02 Å². The lowest BCUT2D eigenvalue weighted by Crippen LogP contribution is -1.98. The third-order valence-corrected chi connectivity index (χ3v) is 2.74. The minimum atomic E-state index is -1.10. The molecule has 0 spiro atoms. The number of aromatic carboxylic acids is 1. The number of nitrogens with one attached hydrogen (secondary N) is 1. The number of nitriles is 1. The van der Waals surface area contributed by atoms with Gasteiger partial charge in [0.05, 0.1) is 17.1 Å². The summed E-state index contributed by atoms with van der Waals surface area (Å²) in [6.07, 6.45) is 0. The first-order chi connectivity index (χ1) is 9.10. The van der Waals surface area contributed by atoms with Crippen molar-refractivity contribution in [1.29, 1.82) is 5.26 Å². The summed E-state index contributed by atoms with van der Waals surface area (Å²) in [6, 6.07) is 9.89. The van der Waals surface area contributed by atoms with Gasteiger partial charge in [-0.3, -0.25) is 0 Å². The standard InChI is InChI=1S/C13H9ClN2O3/c14-11-5-9(2-1-8(11)6-15)16-7-10-3-4-12(19-10)13(17)18/h1-5,16H,7H2,(H,17,18). The van der Waals surface area contributed by atoms with Gasteiger partial charge in [0.2, 0.25) is 5.76 Å². The van der Waals surface area contributed by atoms with Gasteiger partial charge in [-0.15, -0.1) is 0 Å². The van der Waals surface area contributed by atoms with Crippen LogP contribution in [0.3, 0.4) is 0 Å². The number of carboxylic acids is 1. The van der Waals surface area contributed by atoms with Crippen molar-refractivity contribution in [3.05, 3.63) is 52.4 Å². The van der Waals surface area contributed by atoms with Crippen LogP contribution < -0.4 is 5.32 Å². The molecule has 6 heteroatoms. The van der Waals surface area contributed by atoms with Crippen molar-refractivity contribution >= 4 is 23.3 Å². The number of furan rings is 1. The fourth-order valence-electron chi connectivity index (χ4n) is 1.49. The van der Waals surface area contributed by atoms with Crippen LogP contribution in [0.5, 0.6) is 0 Å². The van der Waals surface area contributed by atoms with Gasteiger partial charge in [-0.1, -0.05) is 11.6 Å². The smallest absolute Gasteiger partial charge is 0.371 e. The van der Waals surface area contributed by atoms with Crippen molar-refractivity contribution in [2.45, 2.75) is 6.54 Å². The van der Waals surface area contributed by atoms with Gasteiger partial charge in [0.1, 0.15) is 11.8 Å². The summed E-state index contributed by atoms with van der Waals surface area (Å²) >= 11 is 5.89. The number of carboxylic acid groups (broad SMARTS) is 1. The lowest BCUT2D eigenvalue weighted by molar-refractivity contribution is 0.0660. The van der Waals surface area contributed by atoms with Crippen LogP contribution in [-0.2, 0) is 6.54 Å². The average molecular weight is 277 g/mol. The first kappa shape index (κ1) is 13.0. The van der Waals surface area contributed by atoms with E-state index in [1.165, 1.54) is 6.07 Å². The van der Waals surface area contributed by atoms with Gasteiger partial charge in [0.25, 0.3) is 0 Å². The van der Waals surface area contributed by atoms with Crippen LogP contribution in [0, 0.1) is 11.3 Å². The van der Waals surface area contributed by atoms with Crippen LogP contribution in [0.25, 0.3) is 0 Å². The molecule has 0 fully saturated rings. The largest absolute Gasteiger partial charge is 0.475 e. The van der Waals surface area contributed by atoms with E-state index in [2.05, 4.69) is 5.32 Å². The molecule has 2 aromatic rings. The molecule has 0 aliphatic carbocycles. The number of nitrogens with zero attached hydrogens (tertiary/aromatic N) is 1. The molecule has 0 saturated carbocycles. The van der Waals surface area contributed by atoms with E-state index >= 15 is 0 Å². The van der Waals surface area contributed by atoms with Gasteiger partial charge in [-0.25, -0.2) is 4.79 Å². The molecule has 0 bridgehead atoms. The highest BCUT2D eigenvalue weighted by Gasteiger charge is 2.08. The quantitative estimate of drug-likeness (QED) is 0.896. The van der Waals surface area contributed by atoms with E-state index in [1.807, 2.05) is 6.07 Å². The summed E-state index contributed by atoms with van der Waals surface area (Å²) in [7, 11) is 0. The van der Waals surface area contributed by atoms with Gasteiger partial charge in [0.15, 0.2) is 0 Å². The Hall–Kier alpha value is -2.45. The zero-order chi connectivity index (χ0) is 13.8. The Kier molecular flexibility index (Phi) is 3.74. The molecule has 0 saturated heterocycles. The highest BCUT2D eigenvalue weighted by molar-refractivity contribution is 6.32. The first-order valence-electron chi connectivity index (χ1n) is 5.35. The van der Waals surface area contributed by atoms with Crippen molar-refractivity contribution in [1.82, 2.24) is 0 Å². The van der Waals surface area contributed by atoms with Crippen LogP contribution in [-0.4, -0.2) is 11.1 Å². The number of hydrogen-bond acceptors (Lipinski definition) is 4. The predicted octanol–water partition coefficient (Wildman–Crippen LogP) is 3.11. The molecule has 2 N–H and O–H groups in total. The molecule has 0 aliphatic heterocycles. The molecule has 0 unspecified atom stereocenters. The van der Waals surface area contributed by atoms with Crippen LogP contribution in [0.15, 0.2) is 34.7 Å². The second kappa shape index (κ2) is 5.46. The molecule has 1 aromatic carbocycles. The zero-order valence-corrected chi connectivity index (χ0v) is 10.4.